The molecule has 12 nitrogen and oxygen atoms in total. The van der Waals surface area contributed by atoms with Crippen LogP contribution >= 0.6 is 21.6 Å². The maximum absolute atomic E-state index is 13.1. The summed E-state index contributed by atoms with van der Waals surface area (Å²) in [5.41, 5.74) is 2.97. The van der Waals surface area contributed by atoms with Crippen LogP contribution in [0.2, 0.25) is 0 Å². The lowest BCUT2D eigenvalue weighted by Gasteiger charge is -2.09. The van der Waals surface area contributed by atoms with Gasteiger partial charge in [-0.2, -0.15) is 0 Å². The van der Waals surface area contributed by atoms with Gasteiger partial charge in [0.2, 0.25) is 10.9 Å². The van der Waals surface area contributed by atoms with E-state index in [4.69, 9.17) is 8.83 Å². The Labute approximate surface area is 234 Å². The van der Waals surface area contributed by atoms with Crippen molar-refractivity contribution in [2.24, 2.45) is 0 Å². The summed E-state index contributed by atoms with van der Waals surface area (Å²) in [5, 5.41) is 17.6. The van der Waals surface area contributed by atoms with E-state index in [-0.39, 0.29) is 44.2 Å². The molecule has 0 aliphatic rings. The van der Waals surface area contributed by atoms with E-state index in [2.05, 4.69) is 30.4 Å². The Morgan fingerprint density at radius 3 is 1.50 bits per heavy atom. The molecule has 6 heterocycles. The Hall–Kier alpha value is -4.30. The zero-order valence-electron chi connectivity index (χ0n) is 21.9. The molecule has 6 aromatic rings. The molecule has 6 aromatic heterocycles. The average molecular weight is 575 g/mol. The molecule has 0 bridgehead atoms. The second kappa shape index (κ2) is 10.4. The molecule has 0 aliphatic carbocycles. The Morgan fingerprint density at radius 2 is 1.10 bits per heavy atom. The molecule has 0 amide bonds. The van der Waals surface area contributed by atoms with Crippen LogP contribution in [-0.2, 0) is 13.1 Å². The van der Waals surface area contributed by atoms with Gasteiger partial charge in [0.15, 0.2) is 0 Å². The number of aryl methyl sites for hydroxylation is 4. The minimum Gasteiger partial charge on any atom is -0.410 e. The fourth-order valence-electron chi connectivity index (χ4n) is 4.28. The lowest BCUT2D eigenvalue weighted by atomic mass is 10.2. The van der Waals surface area contributed by atoms with Crippen molar-refractivity contribution in [3.8, 4) is 22.9 Å². The molecule has 0 N–H and O–H groups in total. The summed E-state index contributed by atoms with van der Waals surface area (Å²) in [6.07, 6.45) is 3.36. The lowest BCUT2D eigenvalue weighted by Crippen LogP contribution is -2.13. The zero-order chi connectivity index (χ0) is 28.0. The predicted octanol–water partition coefficient (Wildman–Crippen LogP) is 4.66. The second-order valence-electron chi connectivity index (χ2n) is 8.88. The van der Waals surface area contributed by atoms with Crippen molar-refractivity contribution < 1.29 is 8.83 Å². The van der Waals surface area contributed by atoms with Crippen LogP contribution in [0.15, 0.2) is 65.5 Å². The van der Waals surface area contributed by atoms with Gasteiger partial charge in [0, 0.05) is 58.5 Å². The quantitative estimate of drug-likeness (QED) is 0.244. The van der Waals surface area contributed by atoms with Gasteiger partial charge in [-0.15, -0.1) is 10.2 Å². The largest absolute Gasteiger partial charge is 0.410 e. The SMILES string of the molecule is CCn1cc(-c2nnc(SSc3nnc(-c4cn(CC)c5nc(C)ccc5c4=O)o3)o2)c(=O)c2ccc(C)nc21. The van der Waals surface area contributed by atoms with Crippen LogP contribution < -0.4 is 10.9 Å². The number of hydrogen-bond donors (Lipinski definition) is 0. The zero-order valence-corrected chi connectivity index (χ0v) is 23.5. The van der Waals surface area contributed by atoms with Crippen molar-refractivity contribution in [3.05, 3.63) is 68.5 Å². The highest BCUT2D eigenvalue weighted by Gasteiger charge is 2.20. The number of hydrogen-bond acceptors (Lipinski definition) is 12. The van der Waals surface area contributed by atoms with Crippen LogP contribution in [-0.4, -0.2) is 39.5 Å². The van der Waals surface area contributed by atoms with Crippen molar-refractivity contribution >= 4 is 43.7 Å². The molecular weight excluding hydrogens is 552 g/mol. The van der Waals surface area contributed by atoms with Crippen molar-refractivity contribution in [2.45, 2.75) is 51.2 Å². The maximum Gasteiger partial charge on any atom is 0.288 e. The fourth-order valence-corrected chi connectivity index (χ4v) is 5.63. The molecule has 0 atom stereocenters. The molecule has 0 radical (unpaired) electrons. The summed E-state index contributed by atoms with van der Waals surface area (Å²) in [4.78, 5) is 35.3. The van der Waals surface area contributed by atoms with Gasteiger partial charge in [-0.25, -0.2) is 9.97 Å². The van der Waals surface area contributed by atoms with Crippen LogP contribution in [0.5, 0.6) is 0 Å². The number of pyridine rings is 4. The molecule has 0 aliphatic heterocycles. The molecule has 0 fully saturated rings. The molecule has 0 spiro atoms. The number of fused-ring (bicyclic) bond motifs is 2. The first-order valence-electron chi connectivity index (χ1n) is 12.4. The summed E-state index contributed by atoms with van der Waals surface area (Å²) in [6.45, 7) is 8.92. The topological polar surface area (TPSA) is 148 Å². The summed E-state index contributed by atoms with van der Waals surface area (Å²) in [5.74, 6) is 0.202. The number of nitrogens with zero attached hydrogens (tertiary/aromatic N) is 8. The van der Waals surface area contributed by atoms with E-state index in [9.17, 15) is 9.59 Å². The van der Waals surface area contributed by atoms with Gasteiger partial charge in [-0.3, -0.25) is 9.59 Å². The van der Waals surface area contributed by atoms with Gasteiger partial charge in [-0.1, -0.05) is 10.2 Å². The summed E-state index contributed by atoms with van der Waals surface area (Å²) < 4.78 is 15.3. The third kappa shape index (κ3) is 4.58. The lowest BCUT2D eigenvalue weighted by molar-refractivity contribution is 0.463. The first-order valence-corrected chi connectivity index (χ1v) is 14.5. The van der Waals surface area contributed by atoms with Gasteiger partial charge in [0.05, 0.1) is 10.8 Å². The Bertz CT molecular complexity index is 1880. The predicted molar refractivity (Wildman–Crippen MR) is 151 cm³/mol. The molecule has 0 aromatic carbocycles. The van der Waals surface area contributed by atoms with Gasteiger partial charge < -0.3 is 18.0 Å². The van der Waals surface area contributed by atoms with Gasteiger partial charge in [0.25, 0.3) is 22.2 Å². The normalized spacial score (nSPS) is 11.6. The number of rotatable bonds is 7. The van der Waals surface area contributed by atoms with Crippen LogP contribution in [0.4, 0.5) is 0 Å². The van der Waals surface area contributed by atoms with Crippen molar-refractivity contribution in [3.63, 3.8) is 0 Å². The van der Waals surface area contributed by atoms with Crippen LogP contribution in [0.3, 0.4) is 0 Å². The number of aromatic nitrogens is 8. The van der Waals surface area contributed by atoms with Gasteiger partial charge in [0.1, 0.15) is 22.4 Å². The second-order valence-corrected chi connectivity index (χ2v) is 10.9. The Balaban J connectivity index is 1.25. The van der Waals surface area contributed by atoms with E-state index in [0.717, 1.165) is 33.0 Å². The van der Waals surface area contributed by atoms with Crippen molar-refractivity contribution in [1.82, 2.24) is 39.5 Å². The third-order valence-corrected chi connectivity index (χ3v) is 8.06. The molecule has 14 heteroatoms. The molecule has 40 heavy (non-hydrogen) atoms. The standard InChI is InChI=1S/C26H22N8O4S2/c1-5-33-11-17(19(35)15-9-7-13(3)27-21(15)33)23-29-31-25(37-23)39-40-26-32-30-24(38-26)18-12-34(6-2)22-16(20(18)36)10-8-14(4)28-22/h7-12H,5-6H2,1-4H3. The van der Waals surface area contributed by atoms with Crippen molar-refractivity contribution in [1.29, 1.82) is 0 Å². The highest BCUT2D eigenvalue weighted by atomic mass is 33.1. The Morgan fingerprint density at radius 1 is 0.675 bits per heavy atom. The smallest absolute Gasteiger partial charge is 0.288 e. The van der Waals surface area contributed by atoms with E-state index in [1.54, 1.807) is 36.7 Å². The molecule has 202 valence electrons. The summed E-state index contributed by atoms with van der Waals surface area (Å²) >= 11 is 0. The molecular formula is C26H22N8O4S2. The van der Waals surface area contributed by atoms with Crippen LogP contribution in [0.1, 0.15) is 25.2 Å². The first-order chi connectivity index (χ1) is 19.4. The van der Waals surface area contributed by atoms with E-state index in [1.165, 1.54) is 0 Å². The van der Waals surface area contributed by atoms with E-state index < -0.39 is 0 Å². The van der Waals surface area contributed by atoms with Crippen molar-refractivity contribution in [2.75, 3.05) is 0 Å². The fraction of sp³-hybridized carbons (Fsp3) is 0.231. The molecule has 0 unspecified atom stereocenters. The Kier molecular flexibility index (Phi) is 6.72. The molecule has 0 saturated heterocycles. The van der Waals surface area contributed by atoms with Crippen LogP contribution in [0, 0.1) is 13.8 Å². The monoisotopic (exact) mass is 574 g/mol. The van der Waals surface area contributed by atoms with E-state index in [0.29, 0.717) is 35.2 Å². The average Bonchev–Trinajstić information content (AvgIpc) is 3.62. The molecule has 0 saturated carbocycles. The molecule has 6 rings (SSSR count). The highest BCUT2D eigenvalue weighted by molar-refractivity contribution is 8.76. The summed E-state index contributed by atoms with van der Waals surface area (Å²) in [6, 6.07) is 7.11. The highest BCUT2D eigenvalue weighted by Crippen LogP contribution is 2.37. The first kappa shape index (κ1) is 26.0. The van der Waals surface area contributed by atoms with E-state index in [1.807, 2.05) is 36.8 Å². The minimum atomic E-state index is -0.236. The van der Waals surface area contributed by atoms with Gasteiger partial charge in [-0.05, 0) is 52.0 Å². The third-order valence-electron chi connectivity index (χ3n) is 6.26. The van der Waals surface area contributed by atoms with Gasteiger partial charge >= 0.3 is 0 Å². The minimum absolute atomic E-state index is 0.101. The maximum atomic E-state index is 13.1. The van der Waals surface area contributed by atoms with Crippen LogP contribution in [0.25, 0.3) is 45.0 Å². The van der Waals surface area contributed by atoms with E-state index >= 15 is 0 Å². The summed E-state index contributed by atoms with van der Waals surface area (Å²) in [7, 11) is 2.20.